The molecule has 0 unspecified atom stereocenters. The number of methoxy groups -OCH3 is 2. The first-order valence-electron chi connectivity index (χ1n) is 9.91. The second kappa shape index (κ2) is 10.2. The molecule has 0 saturated carbocycles. The molecule has 0 aromatic heterocycles. The van der Waals surface area contributed by atoms with Crippen LogP contribution >= 0.6 is 0 Å². The maximum Gasteiger partial charge on any atom is 0.408 e. The van der Waals surface area contributed by atoms with Crippen molar-refractivity contribution >= 4 is 17.9 Å². The molecule has 1 aliphatic heterocycles. The van der Waals surface area contributed by atoms with E-state index in [1.165, 1.54) is 14.2 Å². The molecule has 0 aliphatic carbocycles. The van der Waals surface area contributed by atoms with Crippen molar-refractivity contribution < 1.29 is 28.6 Å². The summed E-state index contributed by atoms with van der Waals surface area (Å²) in [5.41, 5.74) is -0.268. The van der Waals surface area contributed by atoms with Crippen molar-refractivity contribution in [3.63, 3.8) is 0 Å². The third kappa shape index (κ3) is 6.53. The van der Waals surface area contributed by atoms with Gasteiger partial charge in [0.05, 0.1) is 14.2 Å². The molecule has 1 saturated heterocycles. The molecule has 166 valence electrons. The summed E-state index contributed by atoms with van der Waals surface area (Å²) in [6.45, 7) is 6.13. The first kappa shape index (κ1) is 23.3. The maximum atomic E-state index is 12.8. The van der Waals surface area contributed by atoms with Gasteiger partial charge in [-0.2, -0.15) is 0 Å². The minimum absolute atomic E-state index is 0.0741. The lowest BCUT2D eigenvalue weighted by Gasteiger charge is -2.32. The molecule has 3 amide bonds. The number of hydrogen-bond donors (Lipinski definition) is 2. The van der Waals surface area contributed by atoms with Gasteiger partial charge in [-0.15, -0.1) is 0 Å². The fourth-order valence-corrected chi connectivity index (χ4v) is 3.18. The second-order valence-corrected chi connectivity index (χ2v) is 8.02. The van der Waals surface area contributed by atoms with E-state index in [2.05, 4.69) is 10.6 Å². The summed E-state index contributed by atoms with van der Waals surface area (Å²) in [5.74, 6) is 0.415. The number of rotatable bonds is 6. The molecule has 9 heteroatoms. The first-order valence-corrected chi connectivity index (χ1v) is 9.91. The molecule has 1 aromatic rings. The number of nitrogens with zero attached hydrogens (tertiary/aromatic N) is 1. The summed E-state index contributed by atoms with van der Waals surface area (Å²) in [5, 5.41) is 5.47. The molecule has 0 atom stereocenters. The third-order valence-corrected chi connectivity index (χ3v) is 4.62. The molecule has 0 spiro atoms. The van der Waals surface area contributed by atoms with Crippen molar-refractivity contribution in [3.8, 4) is 11.5 Å². The van der Waals surface area contributed by atoms with Crippen molar-refractivity contribution in [1.29, 1.82) is 0 Å². The Morgan fingerprint density at radius 2 is 1.63 bits per heavy atom. The molecule has 2 N–H and O–H groups in total. The zero-order valence-electron chi connectivity index (χ0n) is 18.2. The highest BCUT2D eigenvalue weighted by Crippen LogP contribution is 2.28. The van der Waals surface area contributed by atoms with E-state index >= 15 is 0 Å². The van der Waals surface area contributed by atoms with Crippen molar-refractivity contribution in [2.75, 3.05) is 33.9 Å². The number of hydrogen-bond acceptors (Lipinski definition) is 6. The van der Waals surface area contributed by atoms with Crippen LogP contribution in [0.5, 0.6) is 11.5 Å². The van der Waals surface area contributed by atoms with Crippen molar-refractivity contribution in [2.45, 2.75) is 45.3 Å². The van der Waals surface area contributed by atoms with E-state index in [4.69, 9.17) is 14.2 Å². The Bertz CT molecular complexity index is 744. The molecule has 30 heavy (non-hydrogen) atoms. The van der Waals surface area contributed by atoms with Gasteiger partial charge in [-0.1, -0.05) is 6.07 Å². The Labute approximate surface area is 177 Å². The van der Waals surface area contributed by atoms with Gasteiger partial charge in [0, 0.05) is 19.1 Å². The number of benzene rings is 1. The van der Waals surface area contributed by atoms with Gasteiger partial charge in [-0.25, -0.2) is 4.79 Å². The van der Waals surface area contributed by atoms with Crippen molar-refractivity contribution in [2.24, 2.45) is 0 Å². The number of ether oxygens (including phenoxy) is 3. The highest BCUT2D eigenvalue weighted by Gasteiger charge is 2.27. The van der Waals surface area contributed by atoms with Gasteiger partial charge in [0.25, 0.3) is 5.91 Å². The number of carbonyl (C=O) groups is 3. The number of amides is 3. The normalized spacial score (nSPS) is 14.6. The first-order chi connectivity index (χ1) is 14.1. The largest absolute Gasteiger partial charge is 0.496 e. The van der Waals surface area contributed by atoms with Gasteiger partial charge in [0.2, 0.25) is 5.91 Å². The van der Waals surface area contributed by atoms with Gasteiger partial charge in [-0.3, -0.25) is 9.59 Å². The minimum Gasteiger partial charge on any atom is -0.496 e. The highest BCUT2D eigenvalue weighted by atomic mass is 16.6. The second-order valence-electron chi connectivity index (χ2n) is 8.02. The molecule has 1 fully saturated rings. The predicted octanol–water partition coefficient (Wildman–Crippen LogP) is 1.95. The summed E-state index contributed by atoms with van der Waals surface area (Å²) < 4.78 is 15.7. The Morgan fingerprint density at radius 3 is 2.13 bits per heavy atom. The van der Waals surface area contributed by atoms with Crippen LogP contribution in [0.3, 0.4) is 0 Å². The zero-order chi connectivity index (χ0) is 22.3. The van der Waals surface area contributed by atoms with E-state index in [1.54, 1.807) is 43.9 Å². The topological polar surface area (TPSA) is 106 Å². The van der Waals surface area contributed by atoms with Crippen LogP contribution in [-0.4, -0.2) is 68.3 Å². The van der Waals surface area contributed by atoms with E-state index < -0.39 is 11.7 Å². The molecular formula is C21H31N3O6. The molecule has 1 aromatic carbocycles. The van der Waals surface area contributed by atoms with Gasteiger partial charge in [0.1, 0.15) is 29.2 Å². The molecular weight excluding hydrogens is 390 g/mol. The highest BCUT2D eigenvalue weighted by molar-refractivity contribution is 6.00. The standard InChI is InChI=1S/C21H31N3O6/c1-21(2,3)30-20(27)22-13-17(25)24-11-9-14(10-12-24)23-19(26)18-15(28-4)7-6-8-16(18)29-5/h6-8,14H,9-13H2,1-5H3,(H,22,27)(H,23,26). The van der Waals surface area contributed by atoms with Gasteiger partial charge in [0.15, 0.2) is 0 Å². The van der Waals surface area contributed by atoms with Crippen LogP contribution in [0.4, 0.5) is 4.79 Å². The maximum absolute atomic E-state index is 12.8. The molecule has 0 radical (unpaired) electrons. The molecule has 2 rings (SSSR count). The summed E-state index contributed by atoms with van der Waals surface area (Å²) in [6, 6.07) is 5.09. The fourth-order valence-electron chi connectivity index (χ4n) is 3.18. The van der Waals surface area contributed by atoms with E-state index in [1.807, 2.05) is 0 Å². The van der Waals surface area contributed by atoms with Crippen LogP contribution in [0.25, 0.3) is 0 Å². The summed E-state index contributed by atoms with van der Waals surface area (Å²) in [7, 11) is 3.00. The quantitative estimate of drug-likeness (QED) is 0.727. The zero-order valence-corrected chi connectivity index (χ0v) is 18.2. The lowest BCUT2D eigenvalue weighted by molar-refractivity contribution is -0.131. The number of carbonyl (C=O) groups excluding carboxylic acids is 3. The molecule has 1 aliphatic rings. The lowest BCUT2D eigenvalue weighted by atomic mass is 10.0. The average Bonchev–Trinajstić information content (AvgIpc) is 2.70. The molecule has 1 heterocycles. The average molecular weight is 421 g/mol. The van der Waals surface area contributed by atoms with Crippen LogP contribution < -0.4 is 20.1 Å². The summed E-state index contributed by atoms with van der Waals surface area (Å²) >= 11 is 0. The van der Waals surface area contributed by atoms with Crippen LogP contribution in [0.15, 0.2) is 18.2 Å². The number of likely N-dealkylation sites (tertiary alicyclic amines) is 1. The third-order valence-electron chi connectivity index (χ3n) is 4.62. The van der Waals surface area contributed by atoms with Gasteiger partial charge in [-0.05, 0) is 45.7 Å². The Kier molecular flexibility index (Phi) is 7.91. The van der Waals surface area contributed by atoms with Gasteiger partial charge >= 0.3 is 6.09 Å². The number of alkyl carbamates (subject to hydrolysis) is 1. The lowest BCUT2D eigenvalue weighted by Crippen LogP contribution is -2.49. The van der Waals surface area contributed by atoms with Crippen LogP contribution in [0.2, 0.25) is 0 Å². The van der Waals surface area contributed by atoms with Crippen LogP contribution in [0, 0.1) is 0 Å². The summed E-state index contributed by atoms with van der Waals surface area (Å²) in [4.78, 5) is 38.4. The van der Waals surface area contributed by atoms with Gasteiger partial charge < -0.3 is 29.7 Å². The van der Waals surface area contributed by atoms with E-state index in [-0.39, 0.29) is 24.4 Å². The van der Waals surface area contributed by atoms with Crippen LogP contribution in [0.1, 0.15) is 44.0 Å². The Balaban J connectivity index is 1.84. The van der Waals surface area contributed by atoms with E-state index in [0.29, 0.717) is 43.0 Å². The number of nitrogens with one attached hydrogen (secondary N) is 2. The van der Waals surface area contributed by atoms with Crippen molar-refractivity contribution in [3.05, 3.63) is 23.8 Å². The molecule has 0 bridgehead atoms. The monoisotopic (exact) mass is 421 g/mol. The Morgan fingerprint density at radius 1 is 1.07 bits per heavy atom. The number of piperidine rings is 1. The fraction of sp³-hybridized carbons (Fsp3) is 0.571. The van der Waals surface area contributed by atoms with E-state index in [9.17, 15) is 14.4 Å². The van der Waals surface area contributed by atoms with Crippen LogP contribution in [-0.2, 0) is 9.53 Å². The van der Waals surface area contributed by atoms with Crippen molar-refractivity contribution in [1.82, 2.24) is 15.5 Å². The molecule has 9 nitrogen and oxygen atoms in total. The smallest absolute Gasteiger partial charge is 0.408 e. The summed E-state index contributed by atoms with van der Waals surface area (Å²) in [6.07, 6.45) is 0.603. The predicted molar refractivity (Wildman–Crippen MR) is 111 cm³/mol. The van der Waals surface area contributed by atoms with E-state index in [0.717, 1.165) is 0 Å². The SMILES string of the molecule is COc1cccc(OC)c1C(=O)NC1CCN(C(=O)CNC(=O)OC(C)(C)C)CC1. The minimum atomic E-state index is -0.622. The Hall–Kier alpha value is -2.97.